The van der Waals surface area contributed by atoms with Gasteiger partial charge in [-0.2, -0.15) is 0 Å². The number of ether oxygens (including phenoxy) is 1. The number of pyridine rings is 2. The Bertz CT molecular complexity index is 1390. The summed E-state index contributed by atoms with van der Waals surface area (Å²) in [6.45, 7) is 8.71. The Morgan fingerprint density at radius 3 is 2.57 bits per heavy atom. The maximum absolute atomic E-state index is 14.1. The highest BCUT2D eigenvalue weighted by atomic mass is 19.1. The van der Waals surface area contributed by atoms with Crippen LogP contribution in [0, 0.1) is 18.7 Å². The maximum Gasteiger partial charge on any atom is 0.429 e. The highest BCUT2D eigenvalue weighted by molar-refractivity contribution is 6.07. The molecule has 8 nitrogen and oxygen atoms in total. The van der Waals surface area contributed by atoms with E-state index < -0.39 is 23.2 Å². The lowest BCUT2D eigenvalue weighted by Gasteiger charge is -2.35. The molecule has 9 heteroatoms. The standard InChI is InChI=1S/C28H33FN4O4/c1-6-32(27(36)37-28(3,4)5)33-17(2)23(21-13-14-30-16-22(21)26(33)35)25(34)31-24(18-9-7-10-18)19-11-8-12-20(29)15-19/h8,11-16,18,24H,6-7,9-10H2,1-5H3,(H,31,34)/t24-/m0/s1. The zero-order valence-electron chi connectivity index (χ0n) is 21.9. The molecule has 3 aromatic rings. The first kappa shape index (κ1) is 26.3. The van der Waals surface area contributed by atoms with Gasteiger partial charge in [-0.15, -0.1) is 0 Å². The number of carbonyl (C=O) groups excluding carboxylic acids is 2. The van der Waals surface area contributed by atoms with Crippen molar-refractivity contribution in [3.63, 3.8) is 0 Å². The molecule has 0 spiro atoms. The minimum absolute atomic E-state index is 0.135. The molecule has 1 N–H and O–H groups in total. The van der Waals surface area contributed by atoms with Crippen molar-refractivity contribution in [2.24, 2.45) is 5.92 Å². The average molecular weight is 509 g/mol. The molecule has 4 rings (SSSR count). The fourth-order valence-corrected chi connectivity index (χ4v) is 4.75. The molecule has 1 aliphatic rings. The van der Waals surface area contributed by atoms with Gasteiger partial charge in [-0.25, -0.2) is 18.9 Å². The van der Waals surface area contributed by atoms with Crippen LogP contribution in [-0.4, -0.2) is 33.8 Å². The minimum atomic E-state index is -0.776. The number of hydrogen-bond donors (Lipinski definition) is 1. The molecule has 1 aromatic carbocycles. The zero-order valence-corrected chi connectivity index (χ0v) is 21.9. The second-order valence-corrected chi connectivity index (χ2v) is 10.4. The van der Waals surface area contributed by atoms with Crippen molar-refractivity contribution in [1.82, 2.24) is 15.0 Å². The lowest BCUT2D eigenvalue weighted by Crippen LogP contribution is -2.50. The SMILES string of the molecule is CCN(C(=O)OC(C)(C)C)n1c(C)c(C(=O)N[C@H](c2cccc(F)c2)C2CCC2)c2ccncc2c1=O. The Kier molecular flexibility index (Phi) is 7.34. The first-order valence-corrected chi connectivity index (χ1v) is 12.6. The van der Waals surface area contributed by atoms with Gasteiger partial charge in [0, 0.05) is 24.3 Å². The molecule has 2 amide bonds. The van der Waals surface area contributed by atoms with Crippen LogP contribution >= 0.6 is 0 Å². The number of carbonyl (C=O) groups is 2. The summed E-state index contributed by atoms with van der Waals surface area (Å²) in [5.74, 6) is -0.601. The highest BCUT2D eigenvalue weighted by Gasteiger charge is 2.33. The molecule has 0 aliphatic heterocycles. The first-order valence-electron chi connectivity index (χ1n) is 12.6. The van der Waals surface area contributed by atoms with Gasteiger partial charge in [0.2, 0.25) is 0 Å². The topological polar surface area (TPSA) is 93.5 Å². The van der Waals surface area contributed by atoms with E-state index in [9.17, 15) is 18.8 Å². The van der Waals surface area contributed by atoms with Gasteiger partial charge in [0.1, 0.15) is 11.4 Å². The monoisotopic (exact) mass is 508 g/mol. The zero-order chi connectivity index (χ0) is 26.9. The van der Waals surface area contributed by atoms with Crippen molar-refractivity contribution in [2.75, 3.05) is 11.6 Å². The molecule has 2 aromatic heterocycles. The number of fused-ring (bicyclic) bond motifs is 1. The molecule has 1 saturated carbocycles. The predicted octanol–water partition coefficient (Wildman–Crippen LogP) is 5.01. The number of hydrogen-bond acceptors (Lipinski definition) is 5. The number of rotatable bonds is 6. The van der Waals surface area contributed by atoms with E-state index in [0.29, 0.717) is 16.6 Å². The summed E-state index contributed by atoms with van der Waals surface area (Å²) in [7, 11) is 0. The molecule has 0 bridgehead atoms. The Balaban J connectivity index is 1.83. The summed E-state index contributed by atoms with van der Waals surface area (Å²) in [5, 5.41) is 4.92. The third-order valence-electron chi connectivity index (χ3n) is 6.68. The predicted molar refractivity (Wildman–Crippen MR) is 140 cm³/mol. The summed E-state index contributed by atoms with van der Waals surface area (Å²) in [6.07, 6.45) is 5.10. The molecule has 0 radical (unpaired) electrons. The quantitative estimate of drug-likeness (QED) is 0.505. The third kappa shape index (κ3) is 5.35. The van der Waals surface area contributed by atoms with Crippen LogP contribution in [0.5, 0.6) is 0 Å². The lowest BCUT2D eigenvalue weighted by atomic mass is 9.77. The lowest BCUT2D eigenvalue weighted by molar-refractivity contribution is 0.0537. The Labute approximate surface area is 215 Å². The van der Waals surface area contributed by atoms with E-state index in [-0.39, 0.29) is 35.3 Å². The van der Waals surface area contributed by atoms with E-state index >= 15 is 0 Å². The highest BCUT2D eigenvalue weighted by Crippen LogP contribution is 2.38. The molecule has 1 aliphatic carbocycles. The van der Waals surface area contributed by atoms with Gasteiger partial charge in [-0.1, -0.05) is 18.6 Å². The number of halogens is 1. The molecule has 1 atom stereocenters. The van der Waals surface area contributed by atoms with Crippen LogP contribution in [0.1, 0.15) is 74.6 Å². The van der Waals surface area contributed by atoms with Crippen LogP contribution in [-0.2, 0) is 4.74 Å². The summed E-state index contributed by atoms with van der Waals surface area (Å²) in [5.41, 5.74) is -0.0218. The van der Waals surface area contributed by atoms with Crippen molar-refractivity contribution >= 4 is 22.8 Å². The number of aromatic nitrogens is 2. The molecule has 0 unspecified atom stereocenters. The molecule has 196 valence electrons. The molecule has 2 heterocycles. The smallest absolute Gasteiger partial charge is 0.429 e. The van der Waals surface area contributed by atoms with Crippen molar-refractivity contribution in [2.45, 2.75) is 65.5 Å². The Morgan fingerprint density at radius 1 is 1.24 bits per heavy atom. The third-order valence-corrected chi connectivity index (χ3v) is 6.68. The Hall–Kier alpha value is -3.75. The fraction of sp³-hybridized carbons (Fsp3) is 0.429. The normalized spacial score (nSPS) is 14.6. The van der Waals surface area contributed by atoms with Crippen molar-refractivity contribution in [3.05, 3.63) is 75.7 Å². The van der Waals surface area contributed by atoms with Gasteiger partial charge in [0.05, 0.1) is 22.7 Å². The molecular weight excluding hydrogens is 475 g/mol. The largest absolute Gasteiger partial charge is 0.442 e. The van der Waals surface area contributed by atoms with Crippen LogP contribution in [0.3, 0.4) is 0 Å². The van der Waals surface area contributed by atoms with Gasteiger partial charge in [0.15, 0.2) is 0 Å². The van der Waals surface area contributed by atoms with Gasteiger partial charge in [-0.05, 0) is 77.1 Å². The van der Waals surface area contributed by atoms with Gasteiger partial charge in [-0.3, -0.25) is 14.6 Å². The van der Waals surface area contributed by atoms with Crippen LogP contribution < -0.4 is 15.9 Å². The minimum Gasteiger partial charge on any atom is -0.442 e. The second kappa shape index (κ2) is 10.3. The number of amides is 2. The molecule has 0 saturated heterocycles. The van der Waals surface area contributed by atoms with Gasteiger partial charge < -0.3 is 10.1 Å². The van der Waals surface area contributed by atoms with Crippen LogP contribution in [0.2, 0.25) is 0 Å². The average Bonchev–Trinajstić information content (AvgIpc) is 2.79. The summed E-state index contributed by atoms with van der Waals surface area (Å²) in [6, 6.07) is 7.49. The van der Waals surface area contributed by atoms with Gasteiger partial charge >= 0.3 is 6.09 Å². The number of benzene rings is 1. The second-order valence-electron chi connectivity index (χ2n) is 10.4. The maximum atomic E-state index is 14.1. The van der Waals surface area contributed by atoms with Crippen molar-refractivity contribution < 1.29 is 18.7 Å². The first-order chi connectivity index (χ1) is 17.5. The molecule has 37 heavy (non-hydrogen) atoms. The molecule has 1 fully saturated rings. The van der Waals surface area contributed by atoms with E-state index in [1.54, 1.807) is 46.8 Å². The van der Waals surface area contributed by atoms with E-state index in [4.69, 9.17) is 4.74 Å². The number of nitrogens with one attached hydrogen (secondary N) is 1. The van der Waals surface area contributed by atoms with E-state index in [2.05, 4.69) is 10.3 Å². The van der Waals surface area contributed by atoms with Gasteiger partial charge in [0.25, 0.3) is 11.5 Å². The van der Waals surface area contributed by atoms with E-state index in [1.807, 2.05) is 6.07 Å². The van der Waals surface area contributed by atoms with E-state index in [1.165, 1.54) is 34.2 Å². The number of nitrogens with zero attached hydrogens (tertiary/aromatic N) is 3. The van der Waals surface area contributed by atoms with Crippen molar-refractivity contribution in [3.8, 4) is 0 Å². The van der Waals surface area contributed by atoms with Crippen LogP contribution in [0.4, 0.5) is 9.18 Å². The van der Waals surface area contributed by atoms with E-state index in [0.717, 1.165) is 19.3 Å². The Morgan fingerprint density at radius 2 is 1.97 bits per heavy atom. The summed E-state index contributed by atoms with van der Waals surface area (Å²) < 4.78 is 20.8. The van der Waals surface area contributed by atoms with Crippen molar-refractivity contribution in [1.29, 1.82) is 0 Å². The summed E-state index contributed by atoms with van der Waals surface area (Å²) in [4.78, 5) is 44.5. The fourth-order valence-electron chi connectivity index (χ4n) is 4.75. The summed E-state index contributed by atoms with van der Waals surface area (Å²) >= 11 is 0. The molecular formula is C28H33FN4O4. The van der Waals surface area contributed by atoms with Crippen LogP contribution in [0.15, 0.2) is 47.5 Å². The van der Waals surface area contributed by atoms with Crippen LogP contribution in [0.25, 0.3) is 10.8 Å².